The smallest absolute Gasteiger partial charge is 0.355 e. The van der Waals surface area contributed by atoms with Gasteiger partial charge in [0.05, 0.1) is 24.4 Å². The number of halogens is 1. The number of hydrogen-bond acceptors (Lipinski definition) is 5. The van der Waals surface area contributed by atoms with Gasteiger partial charge in [0.25, 0.3) is 0 Å². The van der Waals surface area contributed by atoms with Gasteiger partial charge < -0.3 is 19.1 Å². The zero-order valence-electron chi connectivity index (χ0n) is 19.6. The van der Waals surface area contributed by atoms with Crippen LogP contribution in [0, 0.1) is 5.82 Å². The monoisotopic (exact) mass is 457 g/mol. The van der Waals surface area contributed by atoms with Gasteiger partial charge in [-0.1, -0.05) is 6.92 Å². The fourth-order valence-corrected chi connectivity index (χ4v) is 4.95. The molecular weight excluding hydrogens is 425 g/mol. The number of rotatable bonds is 6. The Balaban J connectivity index is 2.13. The molecule has 3 aromatic rings. The second-order valence-electron chi connectivity index (χ2n) is 8.35. The fraction of sp³-hybridized carbons (Fsp3) is 0.520. The number of aryl methyl sites for hydroxylation is 3. The molecule has 1 N–H and O–H groups in total. The molecule has 0 aliphatic carbocycles. The molecule has 0 bridgehead atoms. The molecule has 0 amide bonds. The molecule has 0 atom stereocenters. The predicted octanol–water partition coefficient (Wildman–Crippen LogP) is 4.16. The number of esters is 1. The van der Waals surface area contributed by atoms with Crippen LogP contribution in [-0.2, 0) is 42.5 Å². The number of aliphatic hydroxyl groups excluding tert-OH is 1. The number of hydrogen-bond donors (Lipinski definition) is 1. The number of aromatic nitrogens is 3. The van der Waals surface area contributed by atoms with E-state index in [0.717, 1.165) is 35.0 Å². The highest BCUT2D eigenvalue weighted by Crippen LogP contribution is 2.40. The van der Waals surface area contributed by atoms with E-state index < -0.39 is 5.97 Å². The van der Waals surface area contributed by atoms with Gasteiger partial charge in [-0.05, 0) is 56.7 Å². The third-order valence-corrected chi connectivity index (χ3v) is 6.31. The second-order valence-corrected chi connectivity index (χ2v) is 8.35. The molecule has 1 aromatic carbocycles. The lowest BCUT2D eigenvalue weighted by molar-refractivity contribution is 0.0512. The van der Waals surface area contributed by atoms with Crippen molar-refractivity contribution in [3.63, 3.8) is 0 Å². The standard InChI is InChI=1S/C25H32FN3O4/c1-4-20-22-19(27-28(20)3)15-32-14-7-6-12-29-23-17(10-11-18(26)21(22)23)16(9-8-13-30)24(29)25(31)33-5-2/h10-11,30H,4-9,12-15H2,1-3H3. The van der Waals surface area contributed by atoms with Crippen molar-refractivity contribution in [2.75, 3.05) is 19.8 Å². The van der Waals surface area contributed by atoms with E-state index in [4.69, 9.17) is 9.47 Å². The third kappa shape index (κ3) is 4.17. The van der Waals surface area contributed by atoms with Crippen molar-refractivity contribution in [1.82, 2.24) is 14.3 Å². The average Bonchev–Trinajstić information content (AvgIpc) is 3.27. The molecule has 178 valence electrons. The molecule has 4 rings (SSSR count). The first-order valence-corrected chi connectivity index (χ1v) is 11.8. The van der Waals surface area contributed by atoms with E-state index in [2.05, 4.69) is 5.10 Å². The van der Waals surface area contributed by atoms with E-state index in [9.17, 15) is 9.90 Å². The minimum absolute atomic E-state index is 0.00701. The van der Waals surface area contributed by atoms with Crippen molar-refractivity contribution in [2.24, 2.45) is 7.05 Å². The summed E-state index contributed by atoms with van der Waals surface area (Å²) in [7, 11) is 1.87. The van der Waals surface area contributed by atoms with E-state index in [1.165, 1.54) is 6.07 Å². The number of benzene rings is 1. The third-order valence-electron chi connectivity index (χ3n) is 6.31. The lowest BCUT2D eigenvalue weighted by Gasteiger charge is -2.14. The van der Waals surface area contributed by atoms with Crippen molar-refractivity contribution in [1.29, 1.82) is 0 Å². The summed E-state index contributed by atoms with van der Waals surface area (Å²) in [5, 5.41) is 15.0. The topological polar surface area (TPSA) is 78.5 Å². The Labute approximate surface area is 193 Å². The first kappa shape index (κ1) is 23.4. The summed E-state index contributed by atoms with van der Waals surface area (Å²) >= 11 is 0. The van der Waals surface area contributed by atoms with Crippen LogP contribution in [0.25, 0.3) is 22.0 Å². The van der Waals surface area contributed by atoms with E-state index in [-0.39, 0.29) is 19.0 Å². The highest BCUT2D eigenvalue weighted by Gasteiger charge is 2.30. The zero-order chi connectivity index (χ0) is 23.5. The van der Waals surface area contributed by atoms with Gasteiger partial charge >= 0.3 is 5.97 Å². The van der Waals surface area contributed by atoms with Crippen LogP contribution in [-0.4, -0.2) is 45.2 Å². The SMILES string of the molecule is CCOC(=O)c1c(CCCO)c2ccc(F)c3c2n1CCCCOCc1nn(C)c(CC)c1-3. The van der Waals surface area contributed by atoms with Crippen molar-refractivity contribution >= 4 is 16.9 Å². The van der Waals surface area contributed by atoms with Crippen molar-refractivity contribution in [2.45, 2.75) is 59.1 Å². The first-order chi connectivity index (χ1) is 16.0. The van der Waals surface area contributed by atoms with Crippen LogP contribution in [0.4, 0.5) is 4.39 Å². The molecule has 0 unspecified atom stereocenters. The van der Waals surface area contributed by atoms with Gasteiger partial charge in [-0.2, -0.15) is 5.10 Å². The molecule has 33 heavy (non-hydrogen) atoms. The molecular formula is C25H32FN3O4. The average molecular weight is 458 g/mol. The van der Waals surface area contributed by atoms with Gasteiger partial charge in [-0.15, -0.1) is 0 Å². The molecule has 1 aliphatic rings. The van der Waals surface area contributed by atoms with Gasteiger partial charge in [0.15, 0.2) is 0 Å². The van der Waals surface area contributed by atoms with Crippen LogP contribution in [0.15, 0.2) is 12.1 Å². The highest BCUT2D eigenvalue weighted by atomic mass is 19.1. The molecule has 0 radical (unpaired) electrons. The summed E-state index contributed by atoms with van der Waals surface area (Å²) in [5.41, 5.74) is 4.77. The number of nitrogens with zero attached hydrogens (tertiary/aromatic N) is 3. The molecule has 8 heteroatoms. The van der Waals surface area contributed by atoms with Crippen LogP contribution in [0.1, 0.15) is 60.5 Å². The summed E-state index contributed by atoms with van der Waals surface area (Å²) in [4.78, 5) is 13.2. The van der Waals surface area contributed by atoms with Gasteiger partial charge in [0, 0.05) is 49.0 Å². The van der Waals surface area contributed by atoms with E-state index in [1.807, 2.05) is 18.5 Å². The van der Waals surface area contributed by atoms with Crippen LogP contribution in [0.3, 0.4) is 0 Å². The number of carbonyl (C=O) groups excluding carboxylic acids is 1. The van der Waals surface area contributed by atoms with Crippen LogP contribution in [0.5, 0.6) is 0 Å². The summed E-state index contributed by atoms with van der Waals surface area (Å²) < 4.78 is 30.7. The van der Waals surface area contributed by atoms with E-state index >= 15 is 4.39 Å². The Morgan fingerprint density at radius 1 is 1.27 bits per heavy atom. The Bertz CT molecular complexity index is 1160. The Morgan fingerprint density at radius 2 is 2.09 bits per heavy atom. The number of fused-ring (bicyclic) bond motifs is 2. The van der Waals surface area contributed by atoms with Crippen molar-refractivity contribution in [3.8, 4) is 11.1 Å². The van der Waals surface area contributed by atoms with Crippen LogP contribution in [0.2, 0.25) is 0 Å². The summed E-state index contributed by atoms with van der Waals surface area (Å²) in [5.74, 6) is -0.769. The molecule has 2 aromatic heterocycles. The van der Waals surface area contributed by atoms with Gasteiger partial charge in [-0.25, -0.2) is 9.18 Å². The molecule has 7 nitrogen and oxygen atoms in total. The van der Waals surface area contributed by atoms with Crippen LogP contribution < -0.4 is 0 Å². The summed E-state index contributed by atoms with van der Waals surface area (Å²) in [6.45, 7) is 5.47. The minimum Gasteiger partial charge on any atom is -0.461 e. The maximum Gasteiger partial charge on any atom is 0.355 e. The predicted molar refractivity (Wildman–Crippen MR) is 124 cm³/mol. The molecule has 0 saturated heterocycles. The van der Waals surface area contributed by atoms with Gasteiger partial charge in [-0.3, -0.25) is 4.68 Å². The zero-order valence-corrected chi connectivity index (χ0v) is 19.6. The van der Waals surface area contributed by atoms with Gasteiger partial charge in [0.1, 0.15) is 11.5 Å². The maximum absolute atomic E-state index is 15.7. The summed E-state index contributed by atoms with van der Waals surface area (Å²) in [6.07, 6.45) is 3.27. The fourth-order valence-electron chi connectivity index (χ4n) is 4.95. The van der Waals surface area contributed by atoms with E-state index in [0.29, 0.717) is 61.5 Å². The lowest BCUT2D eigenvalue weighted by Crippen LogP contribution is -2.15. The number of ether oxygens (including phenoxy) is 2. The second kappa shape index (κ2) is 10.1. The molecule has 0 fully saturated rings. The largest absolute Gasteiger partial charge is 0.461 e. The lowest BCUT2D eigenvalue weighted by atomic mass is 9.96. The molecule has 1 aliphatic heterocycles. The number of aliphatic hydroxyl groups is 1. The Kier molecular flexibility index (Phi) is 7.14. The summed E-state index contributed by atoms with van der Waals surface area (Å²) in [6, 6.07) is 3.22. The first-order valence-electron chi connectivity index (χ1n) is 11.8. The normalized spacial score (nSPS) is 14.2. The Hall–Kier alpha value is -2.71. The van der Waals surface area contributed by atoms with Crippen molar-refractivity contribution < 1.29 is 23.8 Å². The molecule has 3 heterocycles. The van der Waals surface area contributed by atoms with Crippen molar-refractivity contribution in [3.05, 3.63) is 40.6 Å². The highest BCUT2D eigenvalue weighted by molar-refractivity contribution is 6.05. The van der Waals surface area contributed by atoms with Crippen LogP contribution >= 0.6 is 0 Å². The number of carbonyl (C=O) groups is 1. The minimum atomic E-state index is -0.416. The molecule has 0 saturated carbocycles. The van der Waals surface area contributed by atoms with E-state index in [1.54, 1.807) is 17.7 Å². The Morgan fingerprint density at radius 3 is 2.82 bits per heavy atom. The van der Waals surface area contributed by atoms with Gasteiger partial charge in [0.2, 0.25) is 0 Å². The maximum atomic E-state index is 15.7. The quantitative estimate of drug-likeness (QED) is 0.563. The molecule has 0 spiro atoms.